The van der Waals surface area contributed by atoms with Crippen molar-refractivity contribution in [1.82, 2.24) is 9.13 Å². The highest BCUT2D eigenvalue weighted by molar-refractivity contribution is 7.87. The predicted octanol–water partition coefficient (Wildman–Crippen LogP) is 1.96. The first-order chi connectivity index (χ1) is 11.7. The van der Waals surface area contributed by atoms with Crippen LogP contribution in [0.2, 0.25) is 0 Å². The van der Waals surface area contributed by atoms with Gasteiger partial charge in [-0.25, -0.2) is 4.79 Å². The van der Waals surface area contributed by atoms with Crippen LogP contribution in [0.3, 0.4) is 0 Å². The smallest absolute Gasteiger partial charge is 0.339 e. The van der Waals surface area contributed by atoms with Crippen LogP contribution in [0.4, 0.5) is 0 Å². The molecule has 132 valence electrons. The highest BCUT2D eigenvalue weighted by Gasteiger charge is 2.21. The monoisotopic (exact) mass is 362 g/mol. The van der Waals surface area contributed by atoms with Gasteiger partial charge in [0.05, 0.1) is 18.1 Å². The molecular formula is C17H18N2O5S. The van der Waals surface area contributed by atoms with E-state index in [4.69, 9.17) is 8.92 Å². The molecule has 0 amide bonds. The van der Waals surface area contributed by atoms with E-state index < -0.39 is 10.1 Å². The molecular weight excluding hydrogens is 344 g/mol. The van der Waals surface area contributed by atoms with E-state index in [1.54, 1.807) is 38.4 Å². The Hall–Kier alpha value is -2.74. The number of rotatable bonds is 4. The normalized spacial score (nSPS) is 11.7. The van der Waals surface area contributed by atoms with Crippen molar-refractivity contribution in [2.24, 2.45) is 14.1 Å². The Morgan fingerprint density at radius 3 is 2.28 bits per heavy atom. The fraction of sp³-hybridized carbons (Fsp3) is 0.235. The minimum absolute atomic E-state index is 0.0381. The van der Waals surface area contributed by atoms with E-state index in [1.165, 1.54) is 28.4 Å². The Kier molecular flexibility index (Phi) is 4.08. The van der Waals surface area contributed by atoms with E-state index in [0.29, 0.717) is 16.8 Å². The Morgan fingerprint density at radius 2 is 1.60 bits per heavy atom. The molecule has 0 bridgehead atoms. The zero-order chi connectivity index (χ0) is 18.4. The summed E-state index contributed by atoms with van der Waals surface area (Å²) in [4.78, 5) is 11.9. The molecule has 0 unspecified atom stereocenters. The topological polar surface area (TPSA) is 79.5 Å². The summed E-state index contributed by atoms with van der Waals surface area (Å²) in [5, 5.41) is 0. The second kappa shape index (κ2) is 5.96. The summed E-state index contributed by atoms with van der Waals surface area (Å²) < 4.78 is 38.5. The lowest BCUT2D eigenvalue weighted by molar-refractivity contribution is 0.390. The number of nitrogens with zero attached hydrogens (tertiary/aromatic N) is 2. The number of imidazole rings is 1. The molecule has 3 rings (SSSR count). The molecule has 0 aliphatic heterocycles. The van der Waals surface area contributed by atoms with Gasteiger partial charge in [-0.1, -0.05) is 6.07 Å². The number of methoxy groups -OCH3 is 1. The van der Waals surface area contributed by atoms with Crippen molar-refractivity contribution in [2.75, 3.05) is 7.11 Å². The van der Waals surface area contributed by atoms with Crippen molar-refractivity contribution in [2.45, 2.75) is 11.8 Å². The Labute approximate surface area is 145 Å². The molecule has 0 spiro atoms. The van der Waals surface area contributed by atoms with Gasteiger partial charge >= 0.3 is 15.8 Å². The summed E-state index contributed by atoms with van der Waals surface area (Å²) >= 11 is 0. The molecule has 8 heteroatoms. The molecule has 1 aromatic heterocycles. The van der Waals surface area contributed by atoms with Crippen molar-refractivity contribution >= 4 is 21.2 Å². The zero-order valence-corrected chi connectivity index (χ0v) is 15.1. The van der Waals surface area contributed by atoms with Crippen molar-refractivity contribution in [3.8, 4) is 11.5 Å². The van der Waals surface area contributed by atoms with Crippen molar-refractivity contribution in [3.63, 3.8) is 0 Å². The van der Waals surface area contributed by atoms with Crippen LogP contribution in [-0.4, -0.2) is 24.7 Å². The van der Waals surface area contributed by atoms with Gasteiger partial charge in [0.25, 0.3) is 0 Å². The van der Waals surface area contributed by atoms with Gasteiger partial charge < -0.3 is 8.92 Å². The third-order valence-corrected chi connectivity index (χ3v) is 5.28. The van der Waals surface area contributed by atoms with Crippen LogP contribution in [-0.2, 0) is 24.2 Å². The fourth-order valence-corrected chi connectivity index (χ4v) is 3.61. The quantitative estimate of drug-likeness (QED) is 0.663. The summed E-state index contributed by atoms with van der Waals surface area (Å²) in [5.41, 5.74) is 1.83. The molecule has 3 aromatic rings. The fourth-order valence-electron chi connectivity index (χ4n) is 2.65. The number of fused-ring (bicyclic) bond motifs is 1. The Morgan fingerprint density at radius 1 is 0.920 bits per heavy atom. The van der Waals surface area contributed by atoms with Gasteiger partial charge in [0.2, 0.25) is 0 Å². The van der Waals surface area contributed by atoms with Crippen LogP contribution in [0.5, 0.6) is 11.5 Å². The first kappa shape index (κ1) is 17.1. The van der Waals surface area contributed by atoms with E-state index >= 15 is 0 Å². The molecule has 0 atom stereocenters. The molecule has 2 aromatic carbocycles. The Balaban J connectivity index is 2.08. The van der Waals surface area contributed by atoms with Gasteiger partial charge in [-0.05, 0) is 42.8 Å². The highest BCUT2D eigenvalue weighted by atomic mass is 32.2. The molecule has 0 saturated heterocycles. The second-order valence-corrected chi connectivity index (χ2v) is 7.29. The number of hydrogen-bond acceptors (Lipinski definition) is 5. The van der Waals surface area contributed by atoms with Crippen molar-refractivity contribution in [1.29, 1.82) is 0 Å². The molecule has 1 heterocycles. The third-order valence-electron chi connectivity index (χ3n) is 4.05. The van der Waals surface area contributed by atoms with Gasteiger partial charge in [0, 0.05) is 14.1 Å². The van der Waals surface area contributed by atoms with E-state index in [0.717, 1.165) is 5.56 Å². The zero-order valence-electron chi connectivity index (χ0n) is 14.3. The number of aromatic nitrogens is 2. The minimum Gasteiger partial charge on any atom is -0.493 e. The molecule has 0 radical (unpaired) electrons. The van der Waals surface area contributed by atoms with Crippen LogP contribution < -0.4 is 14.6 Å². The van der Waals surface area contributed by atoms with Crippen molar-refractivity contribution in [3.05, 3.63) is 52.4 Å². The average molecular weight is 362 g/mol. The summed E-state index contributed by atoms with van der Waals surface area (Å²) in [5.74, 6) is 0.437. The molecule has 0 saturated carbocycles. The third kappa shape index (κ3) is 2.89. The van der Waals surface area contributed by atoms with Crippen LogP contribution in [0.25, 0.3) is 11.0 Å². The molecule has 7 nitrogen and oxygen atoms in total. The minimum atomic E-state index is -4.08. The van der Waals surface area contributed by atoms with Gasteiger partial charge in [0.15, 0.2) is 11.5 Å². The van der Waals surface area contributed by atoms with Gasteiger partial charge in [-0.3, -0.25) is 9.13 Å². The highest BCUT2D eigenvalue weighted by Crippen LogP contribution is 2.31. The van der Waals surface area contributed by atoms with Crippen LogP contribution in [0.1, 0.15) is 5.56 Å². The summed E-state index contributed by atoms with van der Waals surface area (Å²) in [6.07, 6.45) is 0. The van der Waals surface area contributed by atoms with E-state index in [9.17, 15) is 13.2 Å². The molecule has 25 heavy (non-hydrogen) atoms. The summed E-state index contributed by atoms with van der Waals surface area (Å²) in [6, 6.07) is 9.39. The Bertz CT molecular complexity index is 1130. The van der Waals surface area contributed by atoms with Crippen LogP contribution >= 0.6 is 0 Å². The van der Waals surface area contributed by atoms with Crippen molar-refractivity contribution < 1.29 is 17.3 Å². The number of benzene rings is 2. The maximum atomic E-state index is 12.6. The predicted molar refractivity (Wildman–Crippen MR) is 93.7 cm³/mol. The van der Waals surface area contributed by atoms with Crippen LogP contribution in [0.15, 0.2) is 46.1 Å². The van der Waals surface area contributed by atoms with Gasteiger partial charge in [-0.2, -0.15) is 8.42 Å². The molecule has 0 aliphatic rings. The lowest BCUT2D eigenvalue weighted by Crippen LogP contribution is -2.19. The number of ether oxygens (including phenoxy) is 1. The average Bonchev–Trinajstić information content (AvgIpc) is 2.80. The van der Waals surface area contributed by atoms with Gasteiger partial charge in [0.1, 0.15) is 4.90 Å². The van der Waals surface area contributed by atoms with Crippen LogP contribution in [0, 0.1) is 6.92 Å². The number of hydrogen-bond donors (Lipinski definition) is 0. The summed E-state index contributed by atoms with van der Waals surface area (Å²) in [6.45, 7) is 1.87. The first-order valence-corrected chi connectivity index (χ1v) is 8.90. The lowest BCUT2D eigenvalue weighted by atomic mass is 10.2. The largest absolute Gasteiger partial charge is 0.493 e. The SMILES string of the molecule is COc1cc(C)ccc1OS(=O)(=O)c1ccc2c(c1)n(C)c(=O)n2C. The first-order valence-electron chi connectivity index (χ1n) is 7.49. The summed E-state index contributed by atoms with van der Waals surface area (Å²) in [7, 11) is 0.589. The van der Waals surface area contributed by atoms with Gasteiger partial charge in [-0.15, -0.1) is 0 Å². The molecule has 0 N–H and O–H groups in total. The maximum Gasteiger partial charge on any atom is 0.339 e. The standard InChI is InChI=1S/C17H18N2O5S/c1-11-5-8-15(16(9-11)23-4)24-25(21,22)12-6-7-13-14(10-12)19(3)17(20)18(13)2/h5-10H,1-4H3. The van der Waals surface area contributed by atoms with E-state index in [1.807, 2.05) is 6.92 Å². The maximum absolute atomic E-state index is 12.6. The number of aryl methyl sites for hydroxylation is 3. The lowest BCUT2D eigenvalue weighted by Gasteiger charge is -2.11. The second-order valence-electron chi connectivity index (χ2n) is 5.74. The molecule has 0 fully saturated rings. The molecule has 0 aliphatic carbocycles. The van der Waals surface area contributed by atoms with E-state index in [-0.39, 0.29) is 16.3 Å². The van der Waals surface area contributed by atoms with E-state index in [2.05, 4.69) is 0 Å².